The van der Waals surface area contributed by atoms with E-state index in [0.29, 0.717) is 12.0 Å². The number of aromatic hydroxyl groups is 2. The second kappa shape index (κ2) is 8.14. The zero-order valence-electron chi connectivity index (χ0n) is 16.0. The van der Waals surface area contributed by atoms with Gasteiger partial charge in [0.1, 0.15) is 12.1 Å². The van der Waals surface area contributed by atoms with Crippen molar-refractivity contribution in [2.45, 2.75) is 58.3 Å². The van der Waals surface area contributed by atoms with Crippen LogP contribution in [0.1, 0.15) is 39.2 Å². The normalized spacial score (nSPS) is 21.9. The number of phenols is 2. The molecule has 1 heterocycles. The quantitative estimate of drug-likeness (QED) is 0.455. The number of nitrogens with two attached hydrogens (primary N) is 1. The third-order valence-electron chi connectivity index (χ3n) is 4.80. The third-order valence-corrected chi connectivity index (χ3v) is 4.80. The van der Waals surface area contributed by atoms with E-state index in [4.69, 9.17) is 5.73 Å². The summed E-state index contributed by atoms with van der Waals surface area (Å²) in [5.74, 6) is -1.04. The molecule has 2 amide bonds. The van der Waals surface area contributed by atoms with Crippen LogP contribution >= 0.6 is 0 Å². The number of nitrogens with one attached hydrogen (secondary N) is 1. The summed E-state index contributed by atoms with van der Waals surface area (Å²) in [6.07, 6.45) is -0.177. The van der Waals surface area contributed by atoms with Gasteiger partial charge in [0.25, 0.3) is 0 Å². The number of hydrogen-bond donors (Lipinski definition) is 5. The van der Waals surface area contributed by atoms with E-state index in [1.807, 2.05) is 20.8 Å². The summed E-state index contributed by atoms with van der Waals surface area (Å²) in [4.78, 5) is 27.3. The van der Waals surface area contributed by atoms with Gasteiger partial charge < -0.3 is 31.3 Å². The zero-order chi connectivity index (χ0) is 20.4. The fourth-order valence-corrected chi connectivity index (χ4v) is 3.16. The van der Waals surface area contributed by atoms with Gasteiger partial charge in [-0.25, -0.2) is 0 Å². The van der Waals surface area contributed by atoms with Gasteiger partial charge in [-0.1, -0.05) is 26.8 Å². The first-order valence-corrected chi connectivity index (χ1v) is 9.04. The summed E-state index contributed by atoms with van der Waals surface area (Å²) in [5.41, 5.74) is 5.56. The summed E-state index contributed by atoms with van der Waals surface area (Å²) < 4.78 is 0. The van der Waals surface area contributed by atoms with Crippen molar-refractivity contribution >= 4 is 11.8 Å². The van der Waals surface area contributed by atoms with E-state index >= 15 is 0 Å². The van der Waals surface area contributed by atoms with Gasteiger partial charge in [0.05, 0.1) is 6.10 Å². The van der Waals surface area contributed by atoms with Gasteiger partial charge in [-0.3, -0.25) is 9.59 Å². The van der Waals surface area contributed by atoms with E-state index in [0.717, 1.165) is 0 Å². The second-order valence-corrected chi connectivity index (χ2v) is 8.08. The predicted octanol–water partition coefficient (Wildman–Crippen LogP) is 0.439. The van der Waals surface area contributed by atoms with E-state index < -0.39 is 23.6 Å². The highest BCUT2D eigenvalue weighted by molar-refractivity contribution is 5.97. The molecular weight excluding hydrogens is 350 g/mol. The second-order valence-electron chi connectivity index (χ2n) is 8.08. The Hall–Kier alpha value is -2.32. The van der Waals surface area contributed by atoms with E-state index in [9.17, 15) is 24.9 Å². The molecule has 3 atom stereocenters. The third kappa shape index (κ3) is 4.90. The molecule has 1 fully saturated rings. The van der Waals surface area contributed by atoms with Crippen LogP contribution in [0.5, 0.6) is 11.5 Å². The van der Waals surface area contributed by atoms with Crippen molar-refractivity contribution in [3.8, 4) is 11.5 Å². The average Bonchev–Trinajstić information content (AvgIpc) is 2.59. The van der Waals surface area contributed by atoms with Crippen molar-refractivity contribution in [2.75, 3.05) is 6.54 Å². The number of piperazine rings is 1. The molecule has 1 aromatic rings. The number of carbonyl (C=O) groups excluding carboxylic acids is 2. The maximum Gasteiger partial charge on any atom is 0.246 e. The summed E-state index contributed by atoms with van der Waals surface area (Å²) in [5, 5.41) is 31.8. The molecule has 8 nitrogen and oxygen atoms in total. The summed E-state index contributed by atoms with van der Waals surface area (Å²) in [6, 6.07) is 2.88. The van der Waals surface area contributed by atoms with Crippen molar-refractivity contribution in [3.63, 3.8) is 0 Å². The first-order valence-electron chi connectivity index (χ1n) is 9.04. The number of nitrogens with zero attached hydrogens (tertiary/aromatic N) is 1. The minimum absolute atomic E-state index is 0.0821. The molecule has 0 spiro atoms. The van der Waals surface area contributed by atoms with E-state index in [1.54, 1.807) is 6.07 Å². The highest BCUT2D eigenvalue weighted by Crippen LogP contribution is 2.30. The van der Waals surface area contributed by atoms with Crippen LogP contribution in [0, 0.1) is 5.41 Å². The lowest BCUT2D eigenvalue weighted by molar-refractivity contribution is -0.153. The van der Waals surface area contributed by atoms with Gasteiger partial charge in [-0.2, -0.15) is 0 Å². The number of hydrogen-bond acceptors (Lipinski definition) is 6. The first-order chi connectivity index (χ1) is 12.5. The molecule has 0 bridgehead atoms. The Labute approximate surface area is 159 Å². The summed E-state index contributed by atoms with van der Waals surface area (Å²) in [6.45, 7) is 5.81. The predicted molar refractivity (Wildman–Crippen MR) is 99.8 cm³/mol. The van der Waals surface area contributed by atoms with Crippen molar-refractivity contribution in [1.29, 1.82) is 0 Å². The van der Waals surface area contributed by atoms with E-state index in [1.165, 1.54) is 17.0 Å². The molecule has 1 aliphatic heterocycles. The fraction of sp³-hybridized carbons (Fsp3) is 0.579. The first kappa shape index (κ1) is 21.0. The Morgan fingerprint density at radius 2 is 1.89 bits per heavy atom. The summed E-state index contributed by atoms with van der Waals surface area (Å²) >= 11 is 0. The minimum atomic E-state index is -0.743. The number of carbonyl (C=O) groups is 2. The Bertz CT molecular complexity index is 701. The fourth-order valence-electron chi connectivity index (χ4n) is 3.16. The van der Waals surface area contributed by atoms with Crippen molar-refractivity contribution < 1.29 is 24.9 Å². The molecule has 1 aromatic carbocycles. The molecule has 6 N–H and O–H groups in total. The smallest absolute Gasteiger partial charge is 0.246 e. The van der Waals surface area contributed by atoms with Crippen LogP contribution in [0.25, 0.3) is 0 Å². The molecule has 1 aliphatic rings. The minimum Gasteiger partial charge on any atom is -0.504 e. The highest BCUT2D eigenvalue weighted by Gasteiger charge is 2.45. The summed E-state index contributed by atoms with van der Waals surface area (Å²) in [7, 11) is 0. The molecule has 1 saturated heterocycles. The molecular formula is C19H29N3O5. The van der Waals surface area contributed by atoms with Crippen LogP contribution in [0.2, 0.25) is 0 Å². The average molecular weight is 379 g/mol. The molecule has 3 unspecified atom stereocenters. The largest absolute Gasteiger partial charge is 0.504 e. The van der Waals surface area contributed by atoms with Crippen LogP contribution in [0.3, 0.4) is 0 Å². The monoisotopic (exact) mass is 379 g/mol. The lowest BCUT2D eigenvalue weighted by Crippen LogP contribution is -2.66. The Morgan fingerprint density at radius 1 is 1.22 bits per heavy atom. The van der Waals surface area contributed by atoms with E-state index in [2.05, 4.69) is 5.32 Å². The van der Waals surface area contributed by atoms with Crippen molar-refractivity contribution in [1.82, 2.24) is 10.2 Å². The number of amides is 2. The standard InChI is InChI=1S/C19H29N3O5/c1-19(2,3)16-18(27)22(10-11-4-7-14(24)15(25)8-11)13(17(26)21-16)6-5-12(23)9-20/h4,7-8,12-13,16,23-25H,5-6,9-10,20H2,1-3H3,(H,21,26). The van der Waals surface area contributed by atoms with Crippen LogP contribution in [0.4, 0.5) is 0 Å². The van der Waals surface area contributed by atoms with Crippen molar-refractivity contribution in [3.05, 3.63) is 23.8 Å². The van der Waals surface area contributed by atoms with Crippen LogP contribution in [-0.4, -0.2) is 56.8 Å². The number of phenolic OH excluding ortho intramolecular Hbond substituents is 2. The van der Waals surface area contributed by atoms with Gasteiger partial charge in [0, 0.05) is 13.1 Å². The Kier molecular flexibility index (Phi) is 6.33. The molecule has 0 saturated carbocycles. The number of aliphatic hydroxyl groups is 1. The van der Waals surface area contributed by atoms with Crippen LogP contribution in [0.15, 0.2) is 18.2 Å². The number of aliphatic hydroxyl groups excluding tert-OH is 1. The molecule has 27 heavy (non-hydrogen) atoms. The van der Waals surface area contributed by atoms with Gasteiger partial charge in [0.15, 0.2) is 11.5 Å². The number of rotatable bonds is 6. The maximum absolute atomic E-state index is 13.1. The lowest BCUT2D eigenvalue weighted by Gasteiger charge is -2.43. The lowest BCUT2D eigenvalue weighted by atomic mass is 9.83. The molecule has 8 heteroatoms. The number of benzene rings is 1. The molecule has 0 aliphatic carbocycles. The SMILES string of the molecule is CC(C)(C)C1NC(=O)C(CCC(O)CN)N(Cc2ccc(O)c(O)c2)C1=O. The van der Waals surface area contributed by atoms with Gasteiger partial charge in [-0.05, 0) is 36.0 Å². The van der Waals surface area contributed by atoms with Gasteiger partial charge in [-0.15, -0.1) is 0 Å². The molecule has 150 valence electrons. The van der Waals surface area contributed by atoms with Crippen LogP contribution in [-0.2, 0) is 16.1 Å². The van der Waals surface area contributed by atoms with Crippen LogP contribution < -0.4 is 11.1 Å². The Morgan fingerprint density at radius 3 is 2.44 bits per heavy atom. The van der Waals surface area contributed by atoms with Crippen molar-refractivity contribution in [2.24, 2.45) is 11.1 Å². The molecule has 0 aromatic heterocycles. The zero-order valence-corrected chi connectivity index (χ0v) is 16.0. The topological polar surface area (TPSA) is 136 Å². The van der Waals surface area contributed by atoms with Gasteiger partial charge in [0.2, 0.25) is 11.8 Å². The Balaban J connectivity index is 2.31. The van der Waals surface area contributed by atoms with E-state index in [-0.39, 0.29) is 42.8 Å². The molecule has 0 radical (unpaired) electrons. The highest BCUT2D eigenvalue weighted by atomic mass is 16.3. The molecule has 2 rings (SSSR count). The maximum atomic E-state index is 13.1. The van der Waals surface area contributed by atoms with Gasteiger partial charge >= 0.3 is 0 Å².